The number of ether oxygens (including phenoxy) is 2. The number of nitrogens with zero attached hydrogens (tertiary/aromatic N) is 4. The number of rotatable bonds is 10. The van der Waals surface area contributed by atoms with Gasteiger partial charge in [-0.15, -0.1) is 0 Å². The Kier molecular flexibility index (Phi) is 9.07. The molecule has 0 fully saturated rings. The van der Waals surface area contributed by atoms with Gasteiger partial charge in [-0.3, -0.25) is 14.9 Å². The molecule has 2 aromatic heterocycles. The molecule has 1 unspecified atom stereocenters. The monoisotopic (exact) mass is 610 g/mol. The highest BCUT2D eigenvalue weighted by atomic mass is 16.5. The summed E-state index contributed by atoms with van der Waals surface area (Å²) in [5.74, 6) is 0.667. The van der Waals surface area contributed by atoms with Crippen LogP contribution in [0, 0.1) is 0 Å². The Morgan fingerprint density at radius 3 is 2.62 bits per heavy atom. The predicted molar refractivity (Wildman–Crippen MR) is 170 cm³/mol. The van der Waals surface area contributed by atoms with Crippen LogP contribution >= 0.6 is 0 Å². The molecule has 5 N–H and O–H groups in total. The zero-order chi connectivity index (χ0) is 32.1. The van der Waals surface area contributed by atoms with E-state index in [1.54, 1.807) is 55.5 Å². The van der Waals surface area contributed by atoms with Gasteiger partial charge in [-0.25, -0.2) is 19.8 Å². The molecule has 13 heteroatoms. The van der Waals surface area contributed by atoms with Crippen LogP contribution in [0.25, 0.3) is 22.1 Å². The third kappa shape index (κ3) is 6.93. The minimum atomic E-state index is -0.458. The number of esters is 1. The Balaban J connectivity index is 1.26. The van der Waals surface area contributed by atoms with Gasteiger partial charge in [-0.05, 0) is 62.4 Å². The van der Waals surface area contributed by atoms with Crippen LogP contribution in [-0.2, 0) is 16.6 Å². The summed E-state index contributed by atoms with van der Waals surface area (Å²) in [6, 6.07) is 17.6. The van der Waals surface area contributed by atoms with Crippen LogP contribution < -0.4 is 21.1 Å². The Morgan fingerprint density at radius 2 is 1.84 bits per heavy atom. The van der Waals surface area contributed by atoms with Crippen molar-refractivity contribution in [3.8, 4) is 5.75 Å². The lowest BCUT2D eigenvalue weighted by Gasteiger charge is -2.11. The molecule has 0 radical (unpaired) electrons. The highest BCUT2D eigenvalue weighted by Gasteiger charge is 2.21. The van der Waals surface area contributed by atoms with Crippen molar-refractivity contribution in [1.29, 1.82) is 0 Å². The Bertz CT molecular complexity index is 1930. The lowest BCUT2D eigenvalue weighted by Crippen LogP contribution is -2.34. The van der Waals surface area contributed by atoms with Crippen molar-refractivity contribution < 1.29 is 23.9 Å². The summed E-state index contributed by atoms with van der Waals surface area (Å²) < 4.78 is 12.8. The third-order valence-corrected chi connectivity index (χ3v) is 7.04. The lowest BCUT2D eigenvalue weighted by atomic mass is 10.1. The number of guanidine groups is 1. The molecule has 45 heavy (non-hydrogen) atoms. The molecule has 2 amide bonds. The number of nitrogens with two attached hydrogens (primary N) is 1. The van der Waals surface area contributed by atoms with E-state index in [0.29, 0.717) is 28.4 Å². The fourth-order valence-corrected chi connectivity index (χ4v) is 4.90. The van der Waals surface area contributed by atoms with E-state index in [1.807, 2.05) is 30.7 Å². The summed E-state index contributed by atoms with van der Waals surface area (Å²) in [5.41, 5.74) is 10.2. The summed E-state index contributed by atoms with van der Waals surface area (Å²) in [7, 11) is 1.90. The van der Waals surface area contributed by atoms with Crippen molar-refractivity contribution in [2.45, 2.75) is 26.7 Å². The summed E-state index contributed by atoms with van der Waals surface area (Å²) in [5, 5.41) is 5.31. The maximum absolute atomic E-state index is 13.0. The minimum Gasteiger partial charge on any atom is -0.491 e. The Hall–Kier alpha value is -5.72. The van der Waals surface area contributed by atoms with Gasteiger partial charge in [0.15, 0.2) is 0 Å². The van der Waals surface area contributed by atoms with Gasteiger partial charge >= 0.3 is 5.97 Å². The van der Waals surface area contributed by atoms with Crippen LogP contribution in [0.4, 0.5) is 5.69 Å². The first-order chi connectivity index (χ1) is 21.6. The number of amides is 2. The molecule has 0 spiro atoms. The van der Waals surface area contributed by atoms with Crippen molar-refractivity contribution in [2.24, 2.45) is 17.8 Å². The molecule has 1 atom stereocenters. The van der Waals surface area contributed by atoms with Gasteiger partial charge in [-0.1, -0.05) is 12.1 Å². The van der Waals surface area contributed by atoms with Crippen LogP contribution in [0.3, 0.4) is 0 Å². The number of benzene rings is 3. The smallest absolute Gasteiger partial charge is 0.341 e. The second kappa shape index (κ2) is 13.3. The van der Waals surface area contributed by atoms with E-state index in [-0.39, 0.29) is 43.5 Å². The molecular weight excluding hydrogens is 576 g/mol. The second-order valence-corrected chi connectivity index (χ2v) is 10.3. The molecule has 0 saturated carbocycles. The summed E-state index contributed by atoms with van der Waals surface area (Å²) in [6.45, 7) is 5.78. The molecule has 0 aliphatic heterocycles. The number of hydrogen-bond acceptors (Lipinski definition) is 8. The fraction of sp³-hybridized carbons (Fsp3) is 0.250. The van der Waals surface area contributed by atoms with Gasteiger partial charge in [0.25, 0.3) is 5.91 Å². The number of hydrogen-bond donors (Lipinski definition) is 4. The Labute approximate surface area is 258 Å². The number of aliphatic imine (C=N–C) groups is 1. The quantitative estimate of drug-likeness (QED) is 0.0800. The SMILES string of the molecule is CCOC(=O)c1ccccc1OCCNC(=O)c1ccc2nc(C(C)c3nc4ccc(N=C(N)NC(C)=O)cc4[nH]3)n(C)c2c1. The van der Waals surface area contributed by atoms with Crippen molar-refractivity contribution in [3.63, 3.8) is 0 Å². The first kappa shape index (κ1) is 30.7. The van der Waals surface area contributed by atoms with Gasteiger partial charge in [-0.2, -0.15) is 0 Å². The van der Waals surface area contributed by atoms with E-state index in [4.69, 9.17) is 25.2 Å². The molecule has 0 saturated heterocycles. The van der Waals surface area contributed by atoms with Gasteiger partial charge in [0.2, 0.25) is 11.9 Å². The molecule has 3 aromatic carbocycles. The molecule has 0 aliphatic carbocycles. The van der Waals surface area contributed by atoms with Crippen LogP contribution in [0.2, 0.25) is 0 Å². The second-order valence-electron chi connectivity index (χ2n) is 10.3. The van der Waals surface area contributed by atoms with Crippen LogP contribution in [0.1, 0.15) is 59.1 Å². The molecule has 0 bridgehead atoms. The topological polar surface area (TPSA) is 179 Å². The normalized spacial score (nSPS) is 12.2. The Morgan fingerprint density at radius 1 is 1.07 bits per heavy atom. The van der Waals surface area contributed by atoms with Crippen molar-refractivity contribution >= 4 is 51.5 Å². The number of H-pyrrole nitrogens is 1. The highest BCUT2D eigenvalue weighted by Crippen LogP contribution is 2.28. The number of aryl methyl sites for hydroxylation is 1. The number of para-hydroxylation sites is 1. The average molecular weight is 611 g/mol. The number of aromatic amines is 1. The lowest BCUT2D eigenvalue weighted by molar-refractivity contribution is -0.117. The summed E-state index contributed by atoms with van der Waals surface area (Å²) in [6.07, 6.45) is 0. The molecule has 5 aromatic rings. The zero-order valence-corrected chi connectivity index (χ0v) is 25.4. The van der Waals surface area contributed by atoms with Gasteiger partial charge < -0.3 is 30.1 Å². The molecule has 13 nitrogen and oxygen atoms in total. The predicted octanol–water partition coefficient (Wildman–Crippen LogP) is 3.67. The van der Waals surface area contributed by atoms with E-state index in [0.717, 1.165) is 27.9 Å². The summed E-state index contributed by atoms with van der Waals surface area (Å²) in [4.78, 5) is 53.5. The number of carbonyl (C=O) groups excluding carboxylic acids is 3. The van der Waals surface area contributed by atoms with Crippen molar-refractivity contribution in [2.75, 3.05) is 19.8 Å². The molecule has 5 rings (SSSR count). The third-order valence-electron chi connectivity index (χ3n) is 7.04. The molecule has 0 aliphatic rings. The largest absolute Gasteiger partial charge is 0.491 e. The van der Waals surface area contributed by atoms with E-state index in [2.05, 4.69) is 20.6 Å². The van der Waals surface area contributed by atoms with E-state index in [1.165, 1.54) is 6.92 Å². The first-order valence-corrected chi connectivity index (χ1v) is 14.4. The van der Waals surface area contributed by atoms with Crippen LogP contribution in [0.5, 0.6) is 5.75 Å². The van der Waals surface area contributed by atoms with Gasteiger partial charge in [0.1, 0.15) is 29.6 Å². The molecule has 2 heterocycles. The highest BCUT2D eigenvalue weighted by molar-refractivity contribution is 5.98. The number of nitrogens with one attached hydrogen (secondary N) is 3. The average Bonchev–Trinajstić information content (AvgIpc) is 3.59. The first-order valence-electron chi connectivity index (χ1n) is 14.4. The zero-order valence-electron chi connectivity index (χ0n) is 25.4. The number of fused-ring (bicyclic) bond motifs is 2. The van der Waals surface area contributed by atoms with Crippen molar-refractivity contribution in [1.82, 2.24) is 30.2 Å². The number of aromatic nitrogens is 4. The van der Waals surface area contributed by atoms with Crippen molar-refractivity contribution in [3.05, 3.63) is 83.4 Å². The maximum atomic E-state index is 13.0. The number of imidazole rings is 2. The molecule has 232 valence electrons. The number of carbonyl (C=O) groups is 3. The summed E-state index contributed by atoms with van der Waals surface area (Å²) >= 11 is 0. The van der Waals surface area contributed by atoms with Gasteiger partial charge in [0.05, 0.1) is 46.8 Å². The van der Waals surface area contributed by atoms with Crippen LogP contribution in [-0.4, -0.2) is 63.0 Å². The van der Waals surface area contributed by atoms with E-state index >= 15 is 0 Å². The van der Waals surface area contributed by atoms with Crippen LogP contribution in [0.15, 0.2) is 65.7 Å². The minimum absolute atomic E-state index is 0.00727. The molecular formula is C32H34N8O5. The standard InChI is InChI=1S/C32H34N8O5/c1-5-44-31(43)22-8-6-7-9-27(22)45-15-14-34-30(42)20-10-12-24-26(16-20)40(4)29(39-24)18(2)28-37-23-13-11-21(17-25(23)38-28)36-32(33)35-19(3)41/h6-13,16-18H,5,14-15H2,1-4H3,(H,34,42)(H,37,38)(H3,33,35,36,41). The maximum Gasteiger partial charge on any atom is 0.341 e. The van der Waals surface area contributed by atoms with E-state index < -0.39 is 5.97 Å². The van der Waals surface area contributed by atoms with Gasteiger partial charge in [0, 0.05) is 19.5 Å². The van der Waals surface area contributed by atoms with E-state index in [9.17, 15) is 14.4 Å². The fourth-order valence-electron chi connectivity index (χ4n) is 4.90.